The summed E-state index contributed by atoms with van der Waals surface area (Å²) in [7, 11) is 0. The summed E-state index contributed by atoms with van der Waals surface area (Å²) in [5.41, 5.74) is 1.99. The molecule has 1 N–H and O–H groups in total. The van der Waals surface area contributed by atoms with Crippen molar-refractivity contribution in [3.8, 4) is 0 Å². The van der Waals surface area contributed by atoms with E-state index in [1.165, 1.54) is 0 Å². The molecule has 100 valence electrons. The second-order valence-electron chi connectivity index (χ2n) is 4.47. The molecule has 0 aliphatic carbocycles. The molecule has 5 heteroatoms. The minimum absolute atomic E-state index is 0.122. The lowest BCUT2D eigenvalue weighted by molar-refractivity contribution is -0.0936. The third-order valence-corrected chi connectivity index (χ3v) is 2.76. The molecule has 2 heterocycles. The van der Waals surface area contributed by atoms with Crippen LogP contribution >= 0.6 is 0 Å². The van der Waals surface area contributed by atoms with Gasteiger partial charge in [0.2, 0.25) is 0 Å². The summed E-state index contributed by atoms with van der Waals surface area (Å²) in [4.78, 5) is 8.99. The maximum atomic E-state index is 5.63. The molecule has 1 saturated heterocycles. The second kappa shape index (κ2) is 6.78. The molecule has 18 heavy (non-hydrogen) atoms. The van der Waals surface area contributed by atoms with Gasteiger partial charge in [-0.05, 0) is 26.0 Å². The molecule has 1 aliphatic heterocycles. The number of hydrogen-bond acceptors (Lipinski definition) is 5. The first-order valence-corrected chi connectivity index (χ1v) is 6.54. The van der Waals surface area contributed by atoms with Crippen LogP contribution in [0.5, 0.6) is 0 Å². The molecule has 0 aromatic carbocycles. The molecular weight excluding hydrogens is 230 g/mol. The standard InChI is InChI=1S/C13H21N3O2/c1-3-4-14-8-11-7-10(2)15-13(16-11)12-9-17-5-6-18-12/h7,12,14H,3-6,8-9H2,1-2H3. The fourth-order valence-corrected chi connectivity index (χ4v) is 1.92. The summed E-state index contributed by atoms with van der Waals surface area (Å²) in [5, 5.41) is 3.35. The fraction of sp³-hybridized carbons (Fsp3) is 0.692. The topological polar surface area (TPSA) is 56.3 Å². The Labute approximate surface area is 108 Å². The number of aryl methyl sites for hydroxylation is 1. The third kappa shape index (κ3) is 3.73. The van der Waals surface area contributed by atoms with Crippen LogP contribution in [-0.2, 0) is 16.0 Å². The Morgan fingerprint density at radius 2 is 2.28 bits per heavy atom. The van der Waals surface area contributed by atoms with Crippen molar-refractivity contribution in [1.29, 1.82) is 0 Å². The minimum atomic E-state index is -0.122. The van der Waals surface area contributed by atoms with Crippen molar-refractivity contribution < 1.29 is 9.47 Å². The maximum Gasteiger partial charge on any atom is 0.160 e. The normalized spacial score (nSPS) is 20.0. The number of rotatable bonds is 5. The molecule has 0 amide bonds. The fourth-order valence-electron chi connectivity index (χ4n) is 1.92. The van der Waals surface area contributed by atoms with Crippen LogP contribution in [0.4, 0.5) is 0 Å². The van der Waals surface area contributed by atoms with Gasteiger partial charge in [0.05, 0.1) is 25.5 Å². The van der Waals surface area contributed by atoms with Crippen molar-refractivity contribution in [3.05, 3.63) is 23.3 Å². The lowest BCUT2D eigenvalue weighted by Crippen LogP contribution is -2.25. The highest BCUT2D eigenvalue weighted by atomic mass is 16.6. The van der Waals surface area contributed by atoms with Gasteiger partial charge in [0.25, 0.3) is 0 Å². The van der Waals surface area contributed by atoms with E-state index in [0.717, 1.165) is 36.7 Å². The van der Waals surface area contributed by atoms with E-state index in [0.29, 0.717) is 19.8 Å². The Hall–Kier alpha value is -1.04. The van der Waals surface area contributed by atoms with Gasteiger partial charge < -0.3 is 14.8 Å². The van der Waals surface area contributed by atoms with Gasteiger partial charge >= 0.3 is 0 Å². The predicted molar refractivity (Wildman–Crippen MR) is 68.3 cm³/mol. The van der Waals surface area contributed by atoms with Gasteiger partial charge in [-0.2, -0.15) is 0 Å². The number of hydrogen-bond donors (Lipinski definition) is 1. The largest absolute Gasteiger partial charge is 0.376 e. The number of aromatic nitrogens is 2. The van der Waals surface area contributed by atoms with Crippen LogP contribution in [0.25, 0.3) is 0 Å². The van der Waals surface area contributed by atoms with Crippen molar-refractivity contribution in [2.24, 2.45) is 0 Å². The Kier molecular flexibility index (Phi) is 5.04. The maximum absolute atomic E-state index is 5.63. The second-order valence-corrected chi connectivity index (χ2v) is 4.47. The lowest BCUT2D eigenvalue weighted by Gasteiger charge is -2.22. The SMILES string of the molecule is CCCNCc1cc(C)nc(C2COCCO2)n1. The zero-order valence-corrected chi connectivity index (χ0v) is 11.1. The first-order chi connectivity index (χ1) is 8.79. The van der Waals surface area contributed by atoms with E-state index in [9.17, 15) is 0 Å². The van der Waals surface area contributed by atoms with E-state index in [1.54, 1.807) is 0 Å². The Balaban J connectivity index is 2.05. The first kappa shape index (κ1) is 13.4. The molecule has 0 saturated carbocycles. The summed E-state index contributed by atoms with van der Waals surface area (Å²) in [5.74, 6) is 0.739. The summed E-state index contributed by atoms with van der Waals surface area (Å²) >= 11 is 0. The van der Waals surface area contributed by atoms with Gasteiger partial charge in [0, 0.05) is 12.2 Å². The Morgan fingerprint density at radius 1 is 1.39 bits per heavy atom. The van der Waals surface area contributed by atoms with Crippen LogP contribution < -0.4 is 5.32 Å². The van der Waals surface area contributed by atoms with Crippen molar-refractivity contribution in [2.75, 3.05) is 26.4 Å². The lowest BCUT2D eigenvalue weighted by atomic mass is 10.2. The van der Waals surface area contributed by atoms with Gasteiger partial charge in [0.1, 0.15) is 6.10 Å². The highest BCUT2D eigenvalue weighted by Gasteiger charge is 2.20. The number of ether oxygens (including phenoxy) is 2. The van der Waals surface area contributed by atoms with E-state index in [4.69, 9.17) is 9.47 Å². The predicted octanol–water partition coefficient (Wildman–Crippen LogP) is 1.37. The molecule has 1 atom stereocenters. The quantitative estimate of drug-likeness (QED) is 0.801. The average molecular weight is 251 g/mol. The van der Waals surface area contributed by atoms with E-state index in [-0.39, 0.29) is 6.10 Å². The molecule has 5 nitrogen and oxygen atoms in total. The highest BCUT2D eigenvalue weighted by molar-refractivity contribution is 5.11. The molecule has 2 rings (SSSR count). The van der Waals surface area contributed by atoms with Crippen molar-refractivity contribution in [3.63, 3.8) is 0 Å². The van der Waals surface area contributed by atoms with Crippen molar-refractivity contribution >= 4 is 0 Å². The molecule has 1 aliphatic rings. The van der Waals surface area contributed by atoms with Crippen LogP contribution in [0.15, 0.2) is 6.07 Å². The van der Waals surface area contributed by atoms with Gasteiger partial charge in [-0.25, -0.2) is 9.97 Å². The van der Waals surface area contributed by atoms with Crippen LogP contribution in [-0.4, -0.2) is 36.3 Å². The zero-order chi connectivity index (χ0) is 12.8. The Bertz CT molecular complexity index is 378. The van der Waals surface area contributed by atoms with Crippen molar-refractivity contribution in [2.45, 2.75) is 32.9 Å². The monoisotopic (exact) mass is 251 g/mol. The summed E-state index contributed by atoms with van der Waals surface area (Å²) in [6.07, 6.45) is 1.000. The third-order valence-electron chi connectivity index (χ3n) is 2.76. The molecular formula is C13H21N3O2. The summed E-state index contributed by atoms with van der Waals surface area (Å²) < 4.78 is 11.0. The zero-order valence-electron chi connectivity index (χ0n) is 11.1. The van der Waals surface area contributed by atoms with Crippen molar-refractivity contribution in [1.82, 2.24) is 15.3 Å². The summed E-state index contributed by atoms with van der Waals surface area (Å²) in [6.45, 7) is 7.73. The van der Waals surface area contributed by atoms with Crippen LogP contribution in [0.3, 0.4) is 0 Å². The van der Waals surface area contributed by atoms with E-state index in [1.807, 2.05) is 13.0 Å². The molecule has 1 fully saturated rings. The molecule has 0 radical (unpaired) electrons. The molecule has 1 aromatic rings. The first-order valence-electron chi connectivity index (χ1n) is 6.54. The molecule has 1 unspecified atom stereocenters. The van der Waals surface area contributed by atoms with Gasteiger partial charge in [-0.1, -0.05) is 6.92 Å². The molecule has 0 spiro atoms. The minimum Gasteiger partial charge on any atom is -0.376 e. The van der Waals surface area contributed by atoms with Gasteiger partial charge in [0.15, 0.2) is 5.82 Å². The number of nitrogens with zero attached hydrogens (tertiary/aromatic N) is 2. The van der Waals surface area contributed by atoms with Gasteiger partial charge in [-0.15, -0.1) is 0 Å². The number of nitrogens with one attached hydrogen (secondary N) is 1. The molecule has 0 bridgehead atoms. The average Bonchev–Trinajstić information content (AvgIpc) is 2.39. The van der Waals surface area contributed by atoms with E-state index >= 15 is 0 Å². The summed E-state index contributed by atoms with van der Waals surface area (Å²) in [6, 6.07) is 2.01. The molecule has 1 aromatic heterocycles. The van der Waals surface area contributed by atoms with E-state index < -0.39 is 0 Å². The smallest absolute Gasteiger partial charge is 0.160 e. The highest BCUT2D eigenvalue weighted by Crippen LogP contribution is 2.17. The van der Waals surface area contributed by atoms with E-state index in [2.05, 4.69) is 22.2 Å². The van der Waals surface area contributed by atoms with Gasteiger partial charge in [-0.3, -0.25) is 0 Å². The Morgan fingerprint density at radius 3 is 3.00 bits per heavy atom. The van der Waals surface area contributed by atoms with Crippen LogP contribution in [0.2, 0.25) is 0 Å². The van der Waals surface area contributed by atoms with Crippen LogP contribution in [0, 0.1) is 6.92 Å². The van der Waals surface area contributed by atoms with Crippen LogP contribution in [0.1, 0.15) is 36.7 Å².